The fourth-order valence-corrected chi connectivity index (χ4v) is 5.14. The van der Waals surface area contributed by atoms with E-state index in [1.807, 2.05) is 14.0 Å². The highest BCUT2D eigenvalue weighted by Gasteiger charge is 2.24. The van der Waals surface area contributed by atoms with Crippen molar-refractivity contribution in [2.45, 2.75) is 129 Å². The van der Waals surface area contributed by atoms with Crippen LogP contribution < -0.4 is 5.73 Å². The third-order valence-corrected chi connectivity index (χ3v) is 7.88. The van der Waals surface area contributed by atoms with Crippen LogP contribution in [0.15, 0.2) is 0 Å². The quantitative estimate of drug-likeness (QED) is 0.0467. The number of nitrogens with zero attached hydrogens (tertiary/aromatic N) is 1. The Morgan fingerprint density at radius 3 is 1.85 bits per heavy atom. The lowest BCUT2D eigenvalue weighted by Gasteiger charge is -2.20. The van der Waals surface area contributed by atoms with E-state index in [1.54, 1.807) is 0 Å². The lowest BCUT2D eigenvalue weighted by molar-refractivity contribution is -0.120. The van der Waals surface area contributed by atoms with Crippen LogP contribution in [0, 0.1) is 0 Å². The summed E-state index contributed by atoms with van der Waals surface area (Å²) in [6.45, 7) is 8.14. The number of phosphoric acid groups is 1. The molecule has 0 radical (unpaired) electrons. The van der Waals surface area contributed by atoms with Gasteiger partial charge in [0.05, 0.1) is 19.8 Å². The van der Waals surface area contributed by atoms with E-state index in [0.29, 0.717) is 26.2 Å². The standard InChI is InChI=1S/C30H65N2O7P/c1-4-6-7-8-9-10-11-12-13-14-15-16-17-20-25-36-27-30(37-29-35-5-2)28-39-40(33,34)38-26-21-24-32(3)23-19-18-22-31/h30H,4-29,31H2,1-3H3,(H,33,34). The number of nitrogens with two attached hydrogens (primary N) is 1. The van der Waals surface area contributed by atoms with Crippen molar-refractivity contribution in [1.29, 1.82) is 0 Å². The van der Waals surface area contributed by atoms with E-state index in [9.17, 15) is 9.46 Å². The Labute approximate surface area is 246 Å². The monoisotopic (exact) mass is 596 g/mol. The zero-order valence-electron chi connectivity index (χ0n) is 26.3. The van der Waals surface area contributed by atoms with Crippen molar-refractivity contribution in [1.82, 2.24) is 4.90 Å². The van der Waals surface area contributed by atoms with Crippen molar-refractivity contribution < 1.29 is 32.7 Å². The van der Waals surface area contributed by atoms with Gasteiger partial charge in [-0.3, -0.25) is 9.05 Å². The Balaban J connectivity index is 3.88. The van der Waals surface area contributed by atoms with Crippen molar-refractivity contribution in [3.05, 3.63) is 0 Å². The predicted molar refractivity (Wildman–Crippen MR) is 165 cm³/mol. The first-order chi connectivity index (χ1) is 19.4. The summed E-state index contributed by atoms with van der Waals surface area (Å²) in [6.07, 6.45) is 20.6. The van der Waals surface area contributed by atoms with Gasteiger partial charge < -0.3 is 29.7 Å². The maximum atomic E-state index is 12.3. The molecule has 0 fully saturated rings. The van der Waals surface area contributed by atoms with E-state index in [1.165, 1.54) is 77.0 Å². The Kier molecular flexibility index (Phi) is 30.3. The molecule has 0 saturated carbocycles. The van der Waals surface area contributed by atoms with E-state index in [0.717, 1.165) is 38.8 Å². The van der Waals surface area contributed by atoms with Crippen LogP contribution in [0.3, 0.4) is 0 Å². The van der Waals surface area contributed by atoms with E-state index in [-0.39, 0.29) is 26.6 Å². The minimum Gasteiger partial charge on any atom is -0.379 e. The molecule has 2 atom stereocenters. The fourth-order valence-electron chi connectivity index (χ4n) is 4.35. The smallest absolute Gasteiger partial charge is 0.379 e. The Morgan fingerprint density at radius 1 is 0.700 bits per heavy atom. The summed E-state index contributed by atoms with van der Waals surface area (Å²) in [5.41, 5.74) is 5.52. The third-order valence-electron chi connectivity index (χ3n) is 6.89. The third kappa shape index (κ3) is 29.4. The van der Waals surface area contributed by atoms with Gasteiger partial charge in [-0.15, -0.1) is 0 Å². The van der Waals surface area contributed by atoms with Crippen LogP contribution in [0.5, 0.6) is 0 Å². The molecule has 0 spiro atoms. The second-order valence-electron chi connectivity index (χ2n) is 10.8. The Morgan fingerprint density at radius 2 is 1.27 bits per heavy atom. The molecule has 10 heteroatoms. The van der Waals surface area contributed by atoms with E-state index >= 15 is 0 Å². The molecule has 0 amide bonds. The summed E-state index contributed by atoms with van der Waals surface area (Å²) in [4.78, 5) is 12.2. The molecule has 40 heavy (non-hydrogen) atoms. The van der Waals surface area contributed by atoms with Gasteiger partial charge in [0.1, 0.15) is 12.9 Å². The number of unbranched alkanes of at least 4 members (excludes halogenated alkanes) is 14. The SMILES string of the molecule is CCCCCCCCCCCCCCCCOCC(COP(=O)(O)OCCCN(C)CCCCN)OCOCC. The van der Waals surface area contributed by atoms with Gasteiger partial charge in [0.15, 0.2) is 0 Å². The number of rotatable bonds is 33. The number of phosphoric ester groups is 1. The zero-order valence-corrected chi connectivity index (χ0v) is 27.2. The van der Waals surface area contributed by atoms with Gasteiger partial charge in [-0.25, -0.2) is 4.57 Å². The molecule has 0 bridgehead atoms. The van der Waals surface area contributed by atoms with Crippen molar-refractivity contribution in [2.24, 2.45) is 5.73 Å². The van der Waals surface area contributed by atoms with E-state index in [4.69, 9.17) is 29.0 Å². The lowest BCUT2D eigenvalue weighted by Crippen LogP contribution is -2.27. The van der Waals surface area contributed by atoms with Gasteiger partial charge in [-0.1, -0.05) is 90.4 Å². The molecule has 0 saturated heterocycles. The van der Waals surface area contributed by atoms with Crippen LogP contribution in [0.4, 0.5) is 0 Å². The average Bonchev–Trinajstić information content (AvgIpc) is 2.93. The van der Waals surface area contributed by atoms with Crippen LogP contribution in [0.25, 0.3) is 0 Å². The summed E-state index contributed by atoms with van der Waals surface area (Å²) >= 11 is 0. The summed E-state index contributed by atoms with van der Waals surface area (Å²) in [5, 5.41) is 0. The average molecular weight is 597 g/mol. The molecule has 2 unspecified atom stereocenters. The maximum Gasteiger partial charge on any atom is 0.472 e. The van der Waals surface area contributed by atoms with Crippen molar-refractivity contribution >= 4 is 7.82 Å². The second-order valence-corrected chi connectivity index (χ2v) is 12.3. The number of ether oxygens (including phenoxy) is 3. The first kappa shape index (κ1) is 39.9. The number of hydrogen-bond acceptors (Lipinski definition) is 8. The minimum atomic E-state index is -4.16. The molecule has 0 aliphatic heterocycles. The molecule has 0 aliphatic carbocycles. The number of hydrogen-bond donors (Lipinski definition) is 2. The van der Waals surface area contributed by atoms with Gasteiger partial charge >= 0.3 is 7.82 Å². The second kappa shape index (κ2) is 30.4. The molecule has 0 rings (SSSR count). The molecule has 0 aromatic carbocycles. The van der Waals surface area contributed by atoms with Crippen LogP contribution in [-0.2, 0) is 27.8 Å². The van der Waals surface area contributed by atoms with Crippen LogP contribution >= 0.6 is 7.82 Å². The fraction of sp³-hybridized carbons (Fsp3) is 1.00. The Hall–Kier alpha value is -0.0900. The maximum absolute atomic E-state index is 12.3. The van der Waals surface area contributed by atoms with E-state index < -0.39 is 13.9 Å². The van der Waals surface area contributed by atoms with Gasteiger partial charge in [0.25, 0.3) is 0 Å². The molecule has 9 nitrogen and oxygen atoms in total. The van der Waals surface area contributed by atoms with Crippen LogP contribution in [-0.4, -0.2) is 82.4 Å². The largest absolute Gasteiger partial charge is 0.472 e. The molecule has 0 heterocycles. The van der Waals surface area contributed by atoms with Gasteiger partial charge in [0.2, 0.25) is 0 Å². The van der Waals surface area contributed by atoms with Gasteiger partial charge in [-0.2, -0.15) is 0 Å². The van der Waals surface area contributed by atoms with Crippen molar-refractivity contribution in [3.63, 3.8) is 0 Å². The van der Waals surface area contributed by atoms with Crippen molar-refractivity contribution in [2.75, 3.05) is 66.5 Å². The summed E-state index contributed by atoms with van der Waals surface area (Å²) in [5.74, 6) is 0. The summed E-state index contributed by atoms with van der Waals surface area (Å²) in [6, 6.07) is 0. The first-order valence-corrected chi connectivity index (χ1v) is 17.7. The van der Waals surface area contributed by atoms with Crippen LogP contribution in [0.2, 0.25) is 0 Å². The minimum absolute atomic E-state index is 0.0832. The molecular weight excluding hydrogens is 531 g/mol. The molecule has 242 valence electrons. The first-order valence-electron chi connectivity index (χ1n) is 16.2. The van der Waals surface area contributed by atoms with Crippen molar-refractivity contribution in [3.8, 4) is 0 Å². The highest BCUT2D eigenvalue weighted by Crippen LogP contribution is 2.43. The summed E-state index contributed by atoms with van der Waals surface area (Å²) < 4.78 is 39.3. The predicted octanol–water partition coefficient (Wildman–Crippen LogP) is 7.06. The summed E-state index contributed by atoms with van der Waals surface area (Å²) in [7, 11) is -2.14. The highest BCUT2D eigenvalue weighted by atomic mass is 31.2. The topological polar surface area (TPSA) is 113 Å². The zero-order chi connectivity index (χ0) is 29.6. The molecule has 0 aliphatic rings. The normalized spacial score (nSPS) is 14.2. The molecule has 3 N–H and O–H groups in total. The van der Waals surface area contributed by atoms with Crippen LogP contribution in [0.1, 0.15) is 123 Å². The molecule has 0 aromatic rings. The van der Waals surface area contributed by atoms with E-state index in [2.05, 4.69) is 11.8 Å². The van der Waals surface area contributed by atoms with Gasteiger partial charge in [0, 0.05) is 19.8 Å². The van der Waals surface area contributed by atoms with Gasteiger partial charge in [-0.05, 0) is 52.7 Å². The molecular formula is C30H65N2O7P. The molecule has 0 aromatic heterocycles. The Bertz CT molecular complexity index is 560. The highest BCUT2D eigenvalue weighted by molar-refractivity contribution is 7.47. The lowest BCUT2D eigenvalue weighted by atomic mass is 10.0.